The van der Waals surface area contributed by atoms with Gasteiger partial charge in [-0.05, 0) is 49.9 Å². The van der Waals surface area contributed by atoms with E-state index in [1.165, 1.54) is 0 Å². The Morgan fingerprint density at radius 1 is 1.03 bits per heavy atom. The van der Waals surface area contributed by atoms with Gasteiger partial charge in [0, 0.05) is 36.2 Å². The van der Waals surface area contributed by atoms with Gasteiger partial charge in [-0.3, -0.25) is 9.59 Å². The molecule has 35 heavy (non-hydrogen) atoms. The van der Waals surface area contributed by atoms with Gasteiger partial charge in [-0.2, -0.15) is 0 Å². The van der Waals surface area contributed by atoms with Crippen molar-refractivity contribution in [2.24, 2.45) is 10.8 Å². The molecule has 0 fully saturated rings. The van der Waals surface area contributed by atoms with E-state index < -0.39 is 5.41 Å². The van der Waals surface area contributed by atoms with E-state index in [9.17, 15) is 9.59 Å². The maximum atomic E-state index is 13.8. The molecule has 6 nitrogen and oxygen atoms in total. The first-order chi connectivity index (χ1) is 16.4. The molecule has 0 aliphatic rings. The van der Waals surface area contributed by atoms with Crippen LogP contribution >= 0.6 is 11.6 Å². The highest BCUT2D eigenvalue weighted by molar-refractivity contribution is 6.30. The molecule has 2 aromatic heterocycles. The number of methoxy groups -OCH3 is 1. The number of Topliss-reactive ketones (excluding diaryl/α,β-unsaturated/α-hetero) is 1. The molecule has 3 aromatic rings. The van der Waals surface area contributed by atoms with E-state index in [1.54, 1.807) is 20.1 Å². The number of carbonyl (C=O) groups excluding carboxylic acids is 2. The first kappa shape index (κ1) is 26.7. The van der Waals surface area contributed by atoms with Gasteiger partial charge >= 0.3 is 5.97 Å². The van der Waals surface area contributed by atoms with Crippen LogP contribution in [0.2, 0.25) is 5.02 Å². The van der Waals surface area contributed by atoms with Crippen molar-refractivity contribution >= 4 is 34.4 Å². The normalized spacial score (nSPS) is 12.1. The molecule has 0 atom stereocenters. The number of aromatic nitrogens is 2. The molecule has 0 N–H and O–H groups in total. The first-order valence-electron chi connectivity index (χ1n) is 11.9. The zero-order chi connectivity index (χ0) is 26.0. The van der Waals surface area contributed by atoms with E-state index in [0.29, 0.717) is 48.0 Å². The third-order valence-corrected chi connectivity index (χ3v) is 6.11. The predicted octanol–water partition coefficient (Wildman–Crippen LogP) is 6.50. The number of hydrogen-bond donors (Lipinski definition) is 0. The van der Waals surface area contributed by atoms with E-state index in [1.807, 2.05) is 65.0 Å². The second-order valence-electron chi connectivity index (χ2n) is 10.7. The molecule has 0 aliphatic carbocycles. The van der Waals surface area contributed by atoms with Gasteiger partial charge in [0.25, 0.3) is 0 Å². The number of esters is 1. The minimum atomic E-state index is -0.844. The molecular weight excluding hydrogens is 464 g/mol. The second kappa shape index (κ2) is 10.4. The van der Waals surface area contributed by atoms with Crippen LogP contribution in [0.15, 0.2) is 36.4 Å². The van der Waals surface area contributed by atoms with Crippen molar-refractivity contribution in [3.63, 3.8) is 0 Å². The summed E-state index contributed by atoms with van der Waals surface area (Å²) in [6.07, 6.45) is 0.669. The number of hydrogen-bond acceptors (Lipinski definition) is 5. The van der Waals surface area contributed by atoms with Gasteiger partial charge in [0.1, 0.15) is 5.52 Å². The Labute approximate surface area is 212 Å². The lowest BCUT2D eigenvalue weighted by Crippen LogP contribution is -2.31. The largest absolute Gasteiger partial charge is 0.481 e. The van der Waals surface area contributed by atoms with Gasteiger partial charge in [-0.15, -0.1) is 0 Å². The highest BCUT2D eigenvalue weighted by Crippen LogP contribution is 2.35. The first-order valence-corrected chi connectivity index (χ1v) is 12.2. The number of nitrogens with zero attached hydrogens (tertiary/aromatic N) is 2. The van der Waals surface area contributed by atoms with Crippen LogP contribution < -0.4 is 4.74 Å². The van der Waals surface area contributed by atoms with Crippen molar-refractivity contribution in [1.29, 1.82) is 0 Å². The molecule has 1 aromatic carbocycles. The molecule has 0 aliphatic heterocycles. The van der Waals surface area contributed by atoms with E-state index in [0.717, 1.165) is 16.8 Å². The number of pyridine rings is 1. The Hall–Kier alpha value is -2.86. The van der Waals surface area contributed by atoms with Crippen molar-refractivity contribution in [3.05, 3.63) is 58.2 Å². The Bertz CT molecular complexity index is 1220. The molecule has 3 rings (SSSR count). The van der Waals surface area contributed by atoms with Crippen molar-refractivity contribution in [3.8, 4) is 5.88 Å². The molecule has 0 saturated carbocycles. The second-order valence-corrected chi connectivity index (χ2v) is 11.1. The molecule has 0 amide bonds. The van der Waals surface area contributed by atoms with Crippen molar-refractivity contribution in [1.82, 2.24) is 9.55 Å². The summed E-state index contributed by atoms with van der Waals surface area (Å²) in [5, 5.41) is 0.655. The van der Waals surface area contributed by atoms with Crippen LogP contribution in [0.5, 0.6) is 5.88 Å². The molecule has 2 heterocycles. The third-order valence-electron chi connectivity index (χ3n) is 5.86. The fraction of sp³-hybridized carbons (Fsp3) is 0.464. The monoisotopic (exact) mass is 498 g/mol. The average Bonchev–Trinajstić information content (AvgIpc) is 3.05. The van der Waals surface area contributed by atoms with Gasteiger partial charge in [-0.25, -0.2) is 4.98 Å². The summed E-state index contributed by atoms with van der Waals surface area (Å²) >= 11 is 6.11. The summed E-state index contributed by atoms with van der Waals surface area (Å²) in [7, 11) is 1.56. The van der Waals surface area contributed by atoms with Crippen molar-refractivity contribution in [2.45, 2.75) is 60.9 Å². The number of rotatable bonds is 9. The molecule has 0 unspecified atom stereocenters. The van der Waals surface area contributed by atoms with Crippen LogP contribution in [0.4, 0.5) is 0 Å². The SMILES string of the molecule is CCOC(=O)C(C)(C)Cc1c(C(=O)CC(C)(C)C)c2nc(OC)ccc2n1Cc1ccc(Cl)cc1. The molecule has 0 saturated heterocycles. The van der Waals surface area contributed by atoms with Gasteiger partial charge in [0.2, 0.25) is 5.88 Å². The summed E-state index contributed by atoms with van der Waals surface area (Å²) in [6.45, 7) is 12.4. The maximum absolute atomic E-state index is 13.8. The summed E-state index contributed by atoms with van der Waals surface area (Å²) in [5.41, 5.74) is 2.67. The van der Waals surface area contributed by atoms with E-state index >= 15 is 0 Å². The minimum absolute atomic E-state index is 0.00670. The van der Waals surface area contributed by atoms with Gasteiger partial charge < -0.3 is 14.0 Å². The Morgan fingerprint density at radius 3 is 2.26 bits per heavy atom. The zero-order valence-electron chi connectivity index (χ0n) is 21.7. The summed E-state index contributed by atoms with van der Waals surface area (Å²) < 4.78 is 12.8. The van der Waals surface area contributed by atoms with E-state index in [-0.39, 0.29) is 17.2 Å². The fourth-order valence-corrected chi connectivity index (χ4v) is 4.31. The average molecular weight is 499 g/mol. The van der Waals surface area contributed by atoms with E-state index in [2.05, 4.69) is 4.57 Å². The number of halogens is 1. The van der Waals surface area contributed by atoms with Gasteiger partial charge in [-0.1, -0.05) is 44.5 Å². The Kier molecular flexibility index (Phi) is 7.95. The zero-order valence-corrected chi connectivity index (χ0v) is 22.5. The highest BCUT2D eigenvalue weighted by atomic mass is 35.5. The maximum Gasteiger partial charge on any atom is 0.311 e. The van der Waals surface area contributed by atoms with Crippen LogP contribution in [-0.4, -0.2) is 35.0 Å². The van der Waals surface area contributed by atoms with Crippen LogP contribution in [0.3, 0.4) is 0 Å². The van der Waals surface area contributed by atoms with Gasteiger partial charge in [0.05, 0.1) is 30.2 Å². The molecule has 0 radical (unpaired) electrons. The van der Waals surface area contributed by atoms with Crippen LogP contribution in [0, 0.1) is 10.8 Å². The number of fused-ring (bicyclic) bond motifs is 1. The molecule has 0 spiro atoms. The summed E-state index contributed by atoms with van der Waals surface area (Å²) in [6, 6.07) is 11.3. The van der Waals surface area contributed by atoms with Crippen molar-refractivity contribution < 1.29 is 19.1 Å². The fourth-order valence-electron chi connectivity index (χ4n) is 4.18. The summed E-state index contributed by atoms with van der Waals surface area (Å²) in [5.74, 6) is 0.123. The Balaban J connectivity index is 2.28. The lowest BCUT2D eigenvalue weighted by atomic mass is 9.83. The van der Waals surface area contributed by atoms with Crippen LogP contribution in [0.1, 0.15) is 69.6 Å². The molecular formula is C28H35ClN2O4. The summed E-state index contributed by atoms with van der Waals surface area (Å²) in [4.78, 5) is 31.3. The highest BCUT2D eigenvalue weighted by Gasteiger charge is 2.35. The molecule has 7 heteroatoms. The third kappa shape index (κ3) is 6.23. The minimum Gasteiger partial charge on any atom is -0.481 e. The number of benzene rings is 1. The standard InChI is InChI=1S/C28H35ClN2O4/c1-8-35-26(33)28(5,6)15-21-24(22(32)16-27(2,3)4)25-20(13-14-23(30-25)34-7)31(21)17-18-9-11-19(29)12-10-18/h9-14H,8,15-17H2,1-7H3. The van der Waals surface area contributed by atoms with Gasteiger partial charge in [0.15, 0.2) is 5.78 Å². The number of ketones is 1. The van der Waals surface area contributed by atoms with Crippen LogP contribution in [-0.2, 0) is 22.5 Å². The van der Waals surface area contributed by atoms with E-state index in [4.69, 9.17) is 26.1 Å². The lowest BCUT2D eigenvalue weighted by molar-refractivity contribution is -0.153. The number of carbonyl (C=O) groups is 2. The lowest BCUT2D eigenvalue weighted by Gasteiger charge is -2.25. The topological polar surface area (TPSA) is 70.4 Å². The molecule has 188 valence electrons. The number of ether oxygens (including phenoxy) is 2. The molecule has 0 bridgehead atoms. The Morgan fingerprint density at radius 2 is 1.69 bits per heavy atom. The smallest absolute Gasteiger partial charge is 0.311 e. The quantitative estimate of drug-likeness (QED) is 0.249. The van der Waals surface area contributed by atoms with Crippen molar-refractivity contribution in [2.75, 3.05) is 13.7 Å². The van der Waals surface area contributed by atoms with Crippen LogP contribution in [0.25, 0.3) is 11.0 Å². The predicted molar refractivity (Wildman–Crippen MR) is 139 cm³/mol.